The zero-order valence-electron chi connectivity index (χ0n) is 16.5. The van der Waals surface area contributed by atoms with Crippen LogP contribution in [0, 0.1) is 12.8 Å². The molecule has 2 heterocycles. The SMILES string of the molecule is Cc1ccccc1N1CCN(C[C@@H]2CCc3cccnc3[C@@H](O)C2)C[C@H]1C. The summed E-state index contributed by atoms with van der Waals surface area (Å²) < 4.78 is 0. The number of nitrogens with zero attached hydrogens (tertiary/aromatic N) is 3. The number of piperazine rings is 1. The molecule has 0 unspecified atom stereocenters. The van der Waals surface area contributed by atoms with E-state index in [9.17, 15) is 5.11 Å². The van der Waals surface area contributed by atoms with Gasteiger partial charge in [0.25, 0.3) is 0 Å². The summed E-state index contributed by atoms with van der Waals surface area (Å²) in [6.45, 7) is 8.87. The molecule has 1 fully saturated rings. The van der Waals surface area contributed by atoms with Crippen molar-refractivity contribution in [3.63, 3.8) is 0 Å². The molecule has 4 heteroatoms. The predicted molar refractivity (Wildman–Crippen MR) is 110 cm³/mol. The largest absolute Gasteiger partial charge is 0.387 e. The lowest BCUT2D eigenvalue weighted by molar-refractivity contribution is 0.117. The van der Waals surface area contributed by atoms with Gasteiger partial charge in [-0.2, -0.15) is 0 Å². The van der Waals surface area contributed by atoms with E-state index < -0.39 is 6.10 Å². The van der Waals surface area contributed by atoms with Crippen molar-refractivity contribution in [2.24, 2.45) is 5.92 Å². The molecule has 27 heavy (non-hydrogen) atoms. The Balaban J connectivity index is 1.37. The topological polar surface area (TPSA) is 39.6 Å². The van der Waals surface area contributed by atoms with Crippen molar-refractivity contribution in [2.45, 2.75) is 45.3 Å². The van der Waals surface area contributed by atoms with E-state index in [2.05, 4.69) is 59.0 Å². The Morgan fingerprint density at radius 3 is 2.81 bits per heavy atom. The van der Waals surface area contributed by atoms with Gasteiger partial charge >= 0.3 is 0 Å². The monoisotopic (exact) mass is 365 g/mol. The van der Waals surface area contributed by atoms with E-state index in [4.69, 9.17) is 0 Å². The highest BCUT2D eigenvalue weighted by Gasteiger charge is 2.29. The van der Waals surface area contributed by atoms with Gasteiger partial charge in [-0.25, -0.2) is 0 Å². The molecule has 0 radical (unpaired) electrons. The summed E-state index contributed by atoms with van der Waals surface area (Å²) in [4.78, 5) is 9.58. The van der Waals surface area contributed by atoms with Crippen LogP contribution in [-0.2, 0) is 6.42 Å². The van der Waals surface area contributed by atoms with Crippen molar-refractivity contribution in [3.8, 4) is 0 Å². The fourth-order valence-electron chi connectivity index (χ4n) is 4.84. The highest BCUT2D eigenvalue weighted by Crippen LogP contribution is 2.32. The number of pyridine rings is 1. The quantitative estimate of drug-likeness (QED) is 0.844. The fraction of sp³-hybridized carbons (Fsp3) is 0.522. The Morgan fingerprint density at radius 2 is 2.00 bits per heavy atom. The number of rotatable bonds is 3. The van der Waals surface area contributed by atoms with Gasteiger partial charge in [-0.1, -0.05) is 24.3 Å². The molecule has 0 spiro atoms. The van der Waals surface area contributed by atoms with Gasteiger partial charge < -0.3 is 10.0 Å². The fourth-order valence-corrected chi connectivity index (χ4v) is 4.84. The van der Waals surface area contributed by atoms with Crippen molar-refractivity contribution in [1.29, 1.82) is 0 Å². The molecule has 4 rings (SSSR count). The minimum Gasteiger partial charge on any atom is -0.387 e. The third-order valence-electron chi connectivity index (χ3n) is 6.27. The molecule has 1 saturated heterocycles. The number of aliphatic hydroxyl groups excluding tert-OH is 1. The maximum Gasteiger partial charge on any atom is 0.0965 e. The first-order valence-corrected chi connectivity index (χ1v) is 10.3. The molecule has 1 aliphatic carbocycles. The third kappa shape index (κ3) is 4.02. The Bertz CT molecular complexity index is 778. The van der Waals surface area contributed by atoms with Crippen LogP contribution in [-0.4, -0.2) is 47.2 Å². The number of para-hydroxylation sites is 1. The van der Waals surface area contributed by atoms with E-state index in [0.29, 0.717) is 12.0 Å². The highest BCUT2D eigenvalue weighted by molar-refractivity contribution is 5.54. The van der Waals surface area contributed by atoms with Crippen LogP contribution in [0.2, 0.25) is 0 Å². The Morgan fingerprint density at radius 1 is 1.15 bits per heavy atom. The summed E-state index contributed by atoms with van der Waals surface area (Å²) in [7, 11) is 0. The number of anilines is 1. The molecule has 1 N–H and O–H groups in total. The standard InChI is InChI=1S/C23H31N3O/c1-17-6-3-4-8-21(17)26-13-12-25(15-18(26)2)16-19-9-10-20-7-5-11-24-23(20)22(27)14-19/h3-8,11,18-19,22,27H,9-10,12-16H2,1-2H3/t18-,19-,22+/m1/s1. The molecule has 3 atom stereocenters. The third-order valence-corrected chi connectivity index (χ3v) is 6.27. The number of aliphatic hydroxyl groups is 1. The number of hydrogen-bond donors (Lipinski definition) is 1. The molecule has 0 amide bonds. The lowest BCUT2D eigenvalue weighted by Crippen LogP contribution is -2.53. The first-order chi connectivity index (χ1) is 13.1. The average Bonchev–Trinajstić information content (AvgIpc) is 2.82. The number of aromatic nitrogens is 1. The van der Waals surface area contributed by atoms with E-state index >= 15 is 0 Å². The van der Waals surface area contributed by atoms with Crippen molar-refractivity contribution in [1.82, 2.24) is 9.88 Å². The number of fused-ring (bicyclic) bond motifs is 1. The van der Waals surface area contributed by atoms with Crippen LogP contribution in [0.15, 0.2) is 42.6 Å². The Kier molecular flexibility index (Phi) is 5.46. The van der Waals surface area contributed by atoms with Gasteiger partial charge in [0.15, 0.2) is 0 Å². The molecule has 1 aliphatic heterocycles. The molecule has 1 aromatic heterocycles. The molecule has 144 valence electrons. The van der Waals surface area contributed by atoms with E-state index in [1.165, 1.54) is 16.8 Å². The number of hydrogen-bond acceptors (Lipinski definition) is 4. The minimum absolute atomic E-state index is 0.417. The number of benzene rings is 1. The Labute approximate surface area is 162 Å². The zero-order chi connectivity index (χ0) is 18.8. The molecular formula is C23H31N3O. The minimum atomic E-state index is -0.417. The van der Waals surface area contributed by atoms with Crippen molar-refractivity contribution >= 4 is 5.69 Å². The van der Waals surface area contributed by atoms with E-state index in [1.54, 1.807) is 6.20 Å². The van der Waals surface area contributed by atoms with Crippen LogP contribution >= 0.6 is 0 Å². The maximum absolute atomic E-state index is 10.6. The van der Waals surface area contributed by atoms with Gasteiger partial charge in [0, 0.05) is 44.1 Å². The predicted octanol–water partition coefficient (Wildman–Crippen LogP) is 3.59. The van der Waals surface area contributed by atoms with Crippen molar-refractivity contribution < 1.29 is 5.11 Å². The highest BCUT2D eigenvalue weighted by atomic mass is 16.3. The molecule has 4 nitrogen and oxygen atoms in total. The van der Waals surface area contributed by atoms with Crippen LogP contribution in [0.5, 0.6) is 0 Å². The molecule has 2 aliphatic rings. The Hall–Kier alpha value is -1.91. The summed E-state index contributed by atoms with van der Waals surface area (Å²) in [6, 6.07) is 13.3. The van der Waals surface area contributed by atoms with Crippen LogP contribution < -0.4 is 4.90 Å². The van der Waals surface area contributed by atoms with Gasteiger partial charge in [0.2, 0.25) is 0 Å². The van der Waals surface area contributed by atoms with Crippen molar-refractivity contribution in [2.75, 3.05) is 31.1 Å². The van der Waals surface area contributed by atoms with Gasteiger partial charge in [0.1, 0.15) is 0 Å². The second kappa shape index (κ2) is 7.99. The average molecular weight is 366 g/mol. The summed E-state index contributed by atoms with van der Waals surface area (Å²) >= 11 is 0. The lowest BCUT2D eigenvalue weighted by Gasteiger charge is -2.43. The lowest BCUT2D eigenvalue weighted by atomic mass is 9.97. The summed E-state index contributed by atoms with van der Waals surface area (Å²) in [5.74, 6) is 0.534. The van der Waals surface area contributed by atoms with Crippen molar-refractivity contribution in [3.05, 3.63) is 59.4 Å². The summed E-state index contributed by atoms with van der Waals surface area (Å²) in [6.07, 6.45) is 4.39. The zero-order valence-corrected chi connectivity index (χ0v) is 16.5. The van der Waals surface area contributed by atoms with Crippen LogP contribution in [0.4, 0.5) is 5.69 Å². The number of aryl methyl sites for hydroxylation is 2. The summed E-state index contributed by atoms with van der Waals surface area (Å²) in [5.41, 5.74) is 4.86. The molecular weight excluding hydrogens is 334 g/mol. The first-order valence-electron chi connectivity index (χ1n) is 10.3. The second-order valence-corrected chi connectivity index (χ2v) is 8.29. The van der Waals surface area contributed by atoms with Gasteiger partial charge in [0.05, 0.1) is 11.8 Å². The molecule has 0 bridgehead atoms. The van der Waals surface area contributed by atoms with Crippen LogP contribution in [0.3, 0.4) is 0 Å². The van der Waals surface area contributed by atoms with E-state index in [0.717, 1.165) is 51.1 Å². The second-order valence-electron chi connectivity index (χ2n) is 8.29. The van der Waals surface area contributed by atoms with E-state index in [1.807, 2.05) is 6.07 Å². The smallest absolute Gasteiger partial charge is 0.0965 e. The van der Waals surface area contributed by atoms with Gasteiger partial charge in [-0.15, -0.1) is 0 Å². The molecule has 1 aromatic carbocycles. The van der Waals surface area contributed by atoms with Gasteiger partial charge in [-0.3, -0.25) is 9.88 Å². The first kappa shape index (κ1) is 18.5. The molecule has 0 saturated carbocycles. The van der Waals surface area contributed by atoms with E-state index in [-0.39, 0.29) is 0 Å². The summed E-state index contributed by atoms with van der Waals surface area (Å²) in [5, 5.41) is 10.6. The van der Waals surface area contributed by atoms with Crippen LogP contribution in [0.25, 0.3) is 0 Å². The van der Waals surface area contributed by atoms with Gasteiger partial charge in [-0.05, 0) is 62.3 Å². The molecule has 2 aromatic rings. The maximum atomic E-state index is 10.6. The normalized spacial score (nSPS) is 26.5. The van der Waals surface area contributed by atoms with Crippen LogP contribution in [0.1, 0.15) is 42.7 Å².